The van der Waals surface area contributed by atoms with Gasteiger partial charge >= 0.3 is 17.9 Å². The van der Waals surface area contributed by atoms with Crippen LogP contribution in [0.4, 0.5) is 0 Å². The molecule has 0 saturated heterocycles. The minimum atomic E-state index is -1.75. The fraction of sp³-hybridized carbons (Fsp3) is 0.593. The van der Waals surface area contributed by atoms with Crippen LogP contribution < -0.4 is 0 Å². The molecule has 0 spiro atoms. The number of aliphatic hydroxyl groups excluding tert-OH is 1. The number of rotatable bonds is 10. The number of alkyl halides is 1. The summed E-state index contributed by atoms with van der Waals surface area (Å²) in [6, 6.07) is 0. The Morgan fingerprint density at radius 2 is 1.58 bits per heavy atom. The average Bonchev–Trinajstić information content (AvgIpc) is 2.80. The van der Waals surface area contributed by atoms with Gasteiger partial charge in [0.25, 0.3) is 0 Å². The number of aliphatic hydroxyl groups is 2. The highest BCUT2D eigenvalue weighted by molar-refractivity contribution is 6.21. The minimum Gasteiger partial charge on any atom is -0.455 e. The molecular weight excluding hydrogens is 488 g/mol. The van der Waals surface area contributed by atoms with Gasteiger partial charge in [0.15, 0.2) is 6.10 Å². The van der Waals surface area contributed by atoms with Crippen LogP contribution in [0.3, 0.4) is 0 Å². The van der Waals surface area contributed by atoms with Crippen molar-refractivity contribution >= 4 is 29.5 Å². The van der Waals surface area contributed by atoms with Crippen LogP contribution in [0.25, 0.3) is 0 Å². The summed E-state index contributed by atoms with van der Waals surface area (Å²) in [6.07, 6.45) is -1.39. The number of allylic oxidation sites excluding steroid dienone is 2. The van der Waals surface area contributed by atoms with Gasteiger partial charge in [-0.15, -0.1) is 11.6 Å². The number of halogens is 1. The van der Waals surface area contributed by atoms with Gasteiger partial charge in [-0.25, -0.2) is 9.59 Å². The zero-order valence-corrected chi connectivity index (χ0v) is 22.9. The first-order chi connectivity index (χ1) is 16.6. The molecule has 0 aliphatic heterocycles. The highest BCUT2D eigenvalue weighted by atomic mass is 35.5. The monoisotopic (exact) mass is 526 g/mol. The summed E-state index contributed by atoms with van der Waals surface area (Å²) in [5.74, 6) is -2.78. The number of carbonyl (C=O) groups excluding carboxylic acids is 3. The second kappa shape index (κ2) is 13.2. The molecule has 1 aliphatic carbocycles. The maximum atomic E-state index is 12.8. The van der Waals surface area contributed by atoms with Crippen molar-refractivity contribution in [2.24, 2.45) is 5.92 Å². The van der Waals surface area contributed by atoms with Gasteiger partial charge in [0.1, 0.15) is 17.8 Å². The van der Waals surface area contributed by atoms with E-state index < -0.39 is 59.2 Å². The number of esters is 3. The first-order valence-electron chi connectivity index (χ1n) is 11.8. The van der Waals surface area contributed by atoms with Crippen molar-refractivity contribution in [3.8, 4) is 0 Å². The molecule has 0 unspecified atom stereocenters. The predicted octanol–water partition coefficient (Wildman–Crippen LogP) is 3.94. The Labute approximate surface area is 218 Å². The van der Waals surface area contributed by atoms with Crippen molar-refractivity contribution in [2.75, 3.05) is 0 Å². The lowest BCUT2D eigenvalue weighted by Crippen LogP contribution is -2.63. The number of carbonyl (C=O) groups is 3. The normalized spacial score (nSPS) is 28.5. The molecular formula is C27H39ClO8. The molecule has 7 atom stereocenters. The third kappa shape index (κ3) is 7.79. The molecule has 9 heteroatoms. The second-order valence-electron chi connectivity index (χ2n) is 9.45. The summed E-state index contributed by atoms with van der Waals surface area (Å²) >= 11 is 6.54. The van der Waals surface area contributed by atoms with E-state index in [0.29, 0.717) is 22.3 Å². The Morgan fingerprint density at radius 1 is 1.06 bits per heavy atom. The maximum absolute atomic E-state index is 12.8. The van der Waals surface area contributed by atoms with Gasteiger partial charge in [-0.2, -0.15) is 0 Å². The molecule has 0 radical (unpaired) electrons. The van der Waals surface area contributed by atoms with Crippen molar-refractivity contribution < 1.29 is 38.8 Å². The number of hydrogen-bond acceptors (Lipinski definition) is 8. The minimum absolute atomic E-state index is 0.0520. The van der Waals surface area contributed by atoms with Gasteiger partial charge in [0.2, 0.25) is 0 Å². The van der Waals surface area contributed by atoms with E-state index in [0.717, 1.165) is 0 Å². The van der Waals surface area contributed by atoms with Gasteiger partial charge in [0.05, 0.1) is 11.5 Å². The largest absolute Gasteiger partial charge is 0.455 e. The molecule has 202 valence electrons. The molecule has 1 aliphatic rings. The lowest BCUT2D eigenvalue weighted by atomic mass is 9.71. The highest BCUT2D eigenvalue weighted by Gasteiger charge is 2.56. The molecule has 1 saturated carbocycles. The standard InChI is InChI=1S/C27H39ClO8/c1-10-15(5)25(31)35-21(13-20(30)14(3)4)17(7)19-12-22(28)27(9,33)24(34-18(8)29)23(19)36-26(32)16(6)11-2/h10-11,19-24,30,33H,3,7,12-13H2,1-2,4-6,8-9H3/b15-10-,16-11-/t19-,20+,21+,22+,23+,24+,27-/m0/s1. The quantitative estimate of drug-likeness (QED) is 0.144. The van der Waals surface area contributed by atoms with E-state index in [1.54, 1.807) is 46.8 Å². The van der Waals surface area contributed by atoms with Crippen LogP contribution >= 0.6 is 11.6 Å². The van der Waals surface area contributed by atoms with E-state index in [1.807, 2.05) is 0 Å². The average molecular weight is 527 g/mol. The topological polar surface area (TPSA) is 119 Å². The molecule has 1 rings (SSSR count). The molecule has 8 nitrogen and oxygen atoms in total. The first-order valence-corrected chi connectivity index (χ1v) is 12.3. The van der Waals surface area contributed by atoms with Gasteiger partial charge in [-0.3, -0.25) is 4.79 Å². The van der Waals surface area contributed by atoms with Crippen LogP contribution in [0.15, 0.2) is 47.6 Å². The van der Waals surface area contributed by atoms with Crippen molar-refractivity contribution in [3.63, 3.8) is 0 Å². The van der Waals surface area contributed by atoms with Crippen LogP contribution in [-0.4, -0.2) is 63.5 Å². The van der Waals surface area contributed by atoms with E-state index in [-0.39, 0.29) is 12.8 Å². The maximum Gasteiger partial charge on any atom is 0.333 e. The lowest BCUT2D eigenvalue weighted by Gasteiger charge is -2.48. The molecule has 0 amide bonds. The number of ether oxygens (including phenoxy) is 3. The van der Waals surface area contributed by atoms with E-state index >= 15 is 0 Å². The first kappa shape index (κ1) is 31.6. The van der Waals surface area contributed by atoms with Gasteiger partial charge in [-0.1, -0.05) is 30.9 Å². The fourth-order valence-electron chi connectivity index (χ4n) is 3.78. The van der Waals surface area contributed by atoms with Gasteiger partial charge < -0.3 is 24.4 Å². The van der Waals surface area contributed by atoms with Crippen LogP contribution in [-0.2, 0) is 28.6 Å². The SMILES string of the molecule is C=C(C)[C@H](O)C[C@@H](OC(=O)/C(C)=C\C)C(=C)[C@@H]1C[C@@H](Cl)[C@](C)(O)[C@H](OC(C)=O)[C@@H]1OC(=O)/C(C)=C\C. The summed E-state index contributed by atoms with van der Waals surface area (Å²) in [5, 5.41) is 20.7. The molecule has 0 aromatic carbocycles. The van der Waals surface area contributed by atoms with Crippen LogP contribution in [0, 0.1) is 5.92 Å². The van der Waals surface area contributed by atoms with Crippen molar-refractivity contribution in [3.05, 3.63) is 47.6 Å². The Bertz CT molecular complexity index is 932. The van der Waals surface area contributed by atoms with Crippen LogP contribution in [0.5, 0.6) is 0 Å². The van der Waals surface area contributed by atoms with Crippen molar-refractivity contribution in [1.29, 1.82) is 0 Å². The lowest BCUT2D eigenvalue weighted by molar-refractivity contribution is -0.202. The van der Waals surface area contributed by atoms with Crippen molar-refractivity contribution in [2.45, 2.75) is 96.7 Å². The Hall–Kier alpha value is -2.42. The van der Waals surface area contributed by atoms with Gasteiger partial charge in [-0.05, 0) is 53.5 Å². The van der Waals surface area contributed by atoms with E-state index in [9.17, 15) is 24.6 Å². The molecule has 1 fully saturated rings. The van der Waals surface area contributed by atoms with E-state index in [1.165, 1.54) is 13.8 Å². The zero-order chi connectivity index (χ0) is 28.0. The third-order valence-electron chi connectivity index (χ3n) is 6.56. The smallest absolute Gasteiger partial charge is 0.333 e. The Kier molecular flexibility index (Phi) is 11.6. The summed E-state index contributed by atoms with van der Waals surface area (Å²) in [7, 11) is 0. The van der Waals surface area contributed by atoms with Gasteiger partial charge in [0, 0.05) is 30.4 Å². The third-order valence-corrected chi connectivity index (χ3v) is 7.18. The zero-order valence-electron chi connectivity index (χ0n) is 22.2. The summed E-state index contributed by atoms with van der Waals surface area (Å²) in [5.41, 5.74) is -0.342. The summed E-state index contributed by atoms with van der Waals surface area (Å²) in [4.78, 5) is 37.3. The molecule has 2 N–H and O–H groups in total. The van der Waals surface area contributed by atoms with E-state index in [4.69, 9.17) is 25.8 Å². The second-order valence-corrected chi connectivity index (χ2v) is 9.97. The molecule has 0 bridgehead atoms. The molecule has 0 aromatic rings. The number of hydrogen-bond donors (Lipinski definition) is 2. The summed E-state index contributed by atoms with van der Waals surface area (Å²) < 4.78 is 16.9. The van der Waals surface area contributed by atoms with Crippen molar-refractivity contribution in [1.82, 2.24) is 0 Å². The molecule has 0 heterocycles. The molecule has 36 heavy (non-hydrogen) atoms. The van der Waals surface area contributed by atoms with E-state index in [2.05, 4.69) is 13.2 Å². The van der Waals surface area contributed by atoms with Crippen LogP contribution in [0.2, 0.25) is 0 Å². The summed E-state index contributed by atoms with van der Waals surface area (Å²) in [6.45, 7) is 18.6. The Balaban J connectivity index is 3.57. The Morgan fingerprint density at radius 3 is 2.06 bits per heavy atom. The fourth-order valence-corrected chi connectivity index (χ4v) is 4.10. The van der Waals surface area contributed by atoms with Crippen LogP contribution in [0.1, 0.15) is 61.3 Å². The highest BCUT2D eigenvalue weighted by Crippen LogP contribution is 2.44. The predicted molar refractivity (Wildman–Crippen MR) is 137 cm³/mol. The molecule has 0 aromatic heterocycles.